The number of nitriles is 2. The molecule has 4 heteroatoms. The lowest BCUT2D eigenvalue weighted by molar-refractivity contribution is 0.490. The van der Waals surface area contributed by atoms with Crippen LogP contribution in [0.5, 0.6) is 0 Å². The van der Waals surface area contributed by atoms with Crippen LogP contribution in [-0.4, -0.2) is 0 Å². The summed E-state index contributed by atoms with van der Waals surface area (Å²) >= 11 is 0. The Bertz CT molecular complexity index is 3470. The predicted octanol–water partition coefficient (Wildman–Crippen LogP) is 17.4. The number of anilines is 6. The summed E-state index contributed by atoms with van der Waals surface area (Å²) in [7, 11) is 0. The lowest BCUT2D eigenvalue weighted by atomic mass is 9.74. The monoisotopic (exact) mass is 876 g/mol. The molecule has 0 bridgehead atoms. The third-order valence-electron chi connectivity index (χ3n) is 15.5. The molecule has 0 atom stereocenters. The maximum atomic E-state index is 9.79. The van der Waals surface area contributed by atoms with Gasteiger partial charge in [0.2, 0.25) is 0 Å². The Labute approximate surface area is 400 Å². The third-order valence-corrected chi connectivity index (χ3v) is 15.5. The van der Waals surface area contributed by atoms with Crippen molar-refractivity contribution in [1.29, 1.82) is 10.5 Å². The Morgan fingerprint density at radius 1 is 0.353 bits per heavy atom. The molecule has 2 aliphatic rings. The normalized spacial score (nSPS) is 13.4. The van der Waals surface area contributed by atoms with Gasteiger partial charge < -0.3 is 9.80 Å². The fourth-order valence-corrected chi connectivity index (χ4v) is 12.0. The van der Waals surface area contributed by atoms with E-state index in [0.717, 1.165) is 81.7 Å². The molecule has 0 aromatic heterocycles. The Balaban J connectivity index is 1.02. The van der Waals surface area contributed by atoms with E-state index in [1.165, 1.54) is 44.5 Å². The average molecular weight is 877 g/mol. The van der Waals surface area contributed by atoms with Crippen LogP contribution in [-0.2, 0) is 10.8 Å². The maximum absolute atomic E-state index is 9.79. The zero-order chi connectivity index (χ0) is 46.6. The van der Waals surface area contributed by atoms with Gasteiger partial charge in [0.1, 0.15) is 0 Å². The molecule has 0 unspecified atom stereocenters. The van der Waals surface area contributed by atoms with Crippen LogP contribution in [0.15, 0.2) is 194 Å². The Morgan fingerprint density at radius 3 is 1.25 bits per heavy atom. The topological polar surface area (TPSA) is 54.1 Å². The van der Waals surface area contributed by atoms with E-state index in [9.17, 15) is 10.5 Å². The lowest BCUT2D eigenvalue weighted by Gasteiger charge is -2.32. The largest absolute Gasteiger partial charge is 0.310 e. The molecule has 0 heterocycles. The van der Waals surface area contributed by atoms with Crippen molar-refractivity contribution in [3.63, 3.8) is 0 Å². The first kappa shape index (κ1) is 42.5. The number of nitrogens with zero attached hydrogens (tertiary/aromatic N) is 4. The smallest absolute Gasteiger partial charge is 0.0991 e. The molecule has 0 radical (unpaired) electrons. The van der Waals surface area contributed by atoms with Gasteiger partial charge in [0, 0.05) is 44.7 Å². The molecule has 0 fully saturated rings. The Kier molecular flexibility index (Phi) is 10.6. The summed E-state index contributed by atoms with van der Waals surface area (Å²) in [5.74, 6) is 0. The van der Waals surface area contributed by atoms with Crippen molar-refractivity contribution in [2.75, 3.05) is 9.80 Å². The zero-order valence-corrected chi connectivity index (χ0v) is 39.1. The van der Waals surface area contributed by atoms with Gasteiger partial charge in [-0.2, -0.15) is 10.5 Å². The molecule has 4 nitrogen and oxygen atoms in total. The molecule has 9 aromatic carbocycles. The van der Waals surface area contributed by atoms with E-state index in [4.69, 9.17) is 0 Å². The van der Waals surface area contributed by atoms with E-state index in [1.54, 1.807) is 0 Å². The van der Waals surface area contributed by atoms with Gasteiger partial charge in [-0.25, -0.2) is 0 Å². The minimum Gasteiger partial charge on any atom is -0.310 e. The Hall–Kier alpha value is -8.18. The summed E-state index contributed by atoms with van der Waals surface area (Å²) in [6.07, 6.45) is 4.05. The second-order valence-electron chi connectivity index (χ2n) is 18.3. The van der Waals surface area contributed by atoms with Crippen LogP contribution >= 0.6 is 0 Å². The standard InChI is InChI=1S/C64H52N4/c1-5-63(6-2)58-20-11-9-15-53(58)55-37-35-49(39-60(55)63)67(46-29-23-43(41-65)24-30-46)47-33-27-45(28-34-47)51-17-13-19-57-52(51)18-14-22-62(57)68(48-31-25-44(42-66)26-32-48)50-36-38-56-54-16-10-12-21-59(54)64(7-3,8-4)61(56)40-50/h9-40H,5-8H2,1-4H3. The highest BCUT2D eigenvalue weighted by Gasteiger charge is 2.42. The summed E-state index contributed by atoms with van der Waals surface area (Å²) < 4.78 is 0. The van der Waals surface area contributed by atoms with Crippen molar-refractivity contribution >= 4 is 44.9 Å². The van der Waals surface area contributed by atoms with Crippen LogP contribution in [0.3, 0.4) is 0 Å². The number of rotatable bonds is 11. The van der Waals surface area contributed by atoms with Crippen LogP contribution in [0, 0.1) is 22.7 Å². The quantitative estimate of drug-likeness (QED) is 0.130. The molecular weight excluding hydrogens is 825 g/mol. The summed E-state index contributed by atoms with van der Waals surface area (Å²) in [5.41, 5.74) is 20.5. The lowest BCUT2D eigenvalue weighted by Crippen LogP contribution is -2.23. The predicted molar refractivity (Wildman–Crippen MR) is 282 cm³/mol. The van der Waals surface area contributed by atoms with Crippen molar-refractivity contribution in [1.82, 2.24) is 0 Å². The molecule has 11 rings (SSSR count). The van der Waals surface area contributed by atoms with Gasteiger partial charge in [0.05, 0.1) is 29.0 Å². The molecule has 0 aliphatic heterocycles. The molecule has 68 heavy (non-hydrogen) atoms. The van der Waals surface area contributed by atoms with Crippen molar-refractivity contribution in [2.45, 2.75) is 64.2 Å². The van der Waals surface area contributed by atoms with Gasteiger partial charge in [-0.1, -0.05) is 131 Å². The highest BCUT2D eigenvalue weighted by molar-refractivity contribution is 6.06. The molecular formula is C64H52N4. The zero-order valence-electron chi connectivity index (χ0n) is 39.1. The van der Waals surface area contributed by atoms with Crippen LogP contribution in [0.2, 0.25) is 0 Å². The fraction of sp³-hybridized carbons (Fsp3) is 0.156. The highest BCUT2D eigenvalue weighted by atomic mass is 15.1. The fourth-order valence-electron chi connectivity index (χ4n) is 12.0. The first-order valence-electron chi connectivity index (χ1n) is 24.1. The van der Waals surface area contributed by atoms with Gasteiger partial charge in [0.15, 0.2) is 0 Å². The summed E-state index contributed by atoms with van der Waals surface area (Å²) in [6, 6.07) is 74.5. The molecule has 9 aromatic rings. The maximum Gasteiger partial charge on any atom is 0.0991 e. The van der Waals surface area contributed by atoms with Gasteiger partial charge in [-0.3, -0.25) is 0 Å². The van der Waals surface area contributed by atoms with Gasteiger partial charge in [-0.05, 0) is 178 Å². The van der Waals surface area contributed by atoms with E-state index in [1.807, 2.05) is 24.3 Å². The van der Waals surface area contributed by atoms with E-state index in [-0.39, 0.29) is 10.8 Å². The minimum absolute atomic E-state index is 0.0625. The molecule has 0 amide bonds. The van der Waals surface area contributed by atoms with Crippen molar-refractivity contribution < 1.29 is 0 Å². The summed E-state index contributed by atoms with van der Waals surface area (Å²) in [6.45, 7) is 9.27. The Morgan fingerprint density at radius 2 is 0.750 bits per heavy atom. The molecule has 0 N–H and O–H groups in total. The molecule has 0 saturated heterocycles. The highest BCUT2D eigenvalue weighted by Crippen LogP contribution is 2.56. The van der Waals surface area contributed by atoms with Gasteiger partial charge >= 0.3 is 0 Å². The first-order valence-corrected chi connectivity index (χ1v) is 24.1. The molecule has 0 saturated carbocycles. The molecule has 2 aliphatic carbocycles. The third kappa shape index (κ3) is 6.47. The summed E-state index contributed by atoms with van der Waals surface area (Å²) in [5, 5.41) is 21.8. The van der Waals surface area contributed by atoms with Crippen molar-refractivity contribution in [2.24, 2.45) is 0 Å². The number of benzene rings is 9. The second-order valence-corrected chi connectivity index (χ2v) is 18.3. The second kappa shape index (κ2) is 16.9. The van der Waals surface area contributed by atoms with Crippen LogP contribution in [0.4, 0.5) is 34.1 Å². The minimum atomic E-state index is -0.0754. The molecule has 0 spiro atoms. The van der Waals surface area contributed by atoms with Crippen LogP contribution < -0.4 is 9.80 Å². The van der Waals surface area contributed by atoms with E-state index in [2.05, 4.69) is 219 Å². The molecule has 328 valence electrons. The van der Waals surface area contributed by atoms with Crippen molar-refractivity contribution in [3.05, 3.63) is 228 Å². The first-order chi connectivity index (χ1) is 33.4. The van der Waals surface area contributed by atoms with Crippen LogP contribution in [0.25, 0.3) is 44.2 Å². The van der Waals surface area contributed by atoms with Gasteiger partial charge in [0.25, 0.3) is 0 Å². The average Bonchev–Trinajstić information content (AvgIpc) is 3.85. The van der Waals surface area contributed by atoms with E-state index < -0.39 is 0 Å². The van der Waals surface area contributed by atoms with E-state index in [0.29, 0.717) is 11.1 Å². The van der Waals surface area contributed by atoms with Crippen LogP contribution in [0.1, 0.15) is 86.8 Å². The SMILES string of the molecule is CCC1(CC)c2ccccc2-c2ccc(N(c3ccc(C#N)cc3)c3ccc(-c4cccc5c(N(c6ccc(C#N)cc6)c6ccc7c(c6)C(CC)(CC)c6ccccc6-7)cccc45)cc3)cc21. The number of hydrogen-bond donors (Lipinski definition) is 0. The number of fused-ring (bicyclic) bond motifs is 7. The van der Waals surface area contributed by atoms with Crippen molar-refractivity contribution in [3.8, 4) is 45.5 Å². The summed E-state index contributed by atoms with van der Waals surface area (Å²) in [4.78, 5) is 4.69. The number of hydrogen-bond acceptors (Lipinski definition) is 4. The van der Waals surface area contributed by atoms with E-state index >= 15 is 0 Å². The van der Waals surface area contributed by atoms with Gasteiger partial charge in [-0.15, -0.1) is 0 Å².